The second-order valence-corrected chi connectivity index (χ2v) is 2.47. The highest BCUT2D eigenvalue weighted by Crippen LogP contribution is 2.29. The summed E-state index contributed by atoms with van der Waals surface area (Å²) >= 11 is 0. The second-order valence-electron chi connectivity index (χ2n) is 2.47. The minimum Gasteiger partial charge on any atom is -0.471 e. The summed E-state index contributed by atoms with van der Waals surface area (Å²) < 4.78 is 5.27. The molecule has 0 aromatic heterocycles. The lowest BCUT2D eigenvalue weighted by molar-refractivity contribution is 0.372. The van der Waals surface area contributed by atoms with Gasteiger partial charge >= 0.3 is 0 Å². The maximum absolute atomic E-state index is 5.27. The van der Waals surface area contributed by atoms with E-state index in [1.807, 2.05) is 12.1 Å². The average molecular weight is 135 g/mol. The highest BCUT2D eigenvalue weighted by Gasteiger charge is 2.08. The van der Waals surface area contributed by atoms with E-state index in [9.17, 15) is 0 Å². The molecule has 0 saturated heterocycles. The van der Waals surface area contributed by atoms with Crippen LogP contribution >= 0.6 is 0 Å². The molecule has 0 atom stereocenters. The molecule has 2 nitrogen and oxygen atoms in total. The highest BCUT2D eigenvalue weighted by atomic mass is 16.5. The number of aryl methyl sites for hydroxylation is 1. The number of nitrogens with one attached hydrogen (secondary N) is 1. The van der Waals surface area contributed by atoms with Crippen LogP contribution in [0.3, 0.4) is 0 Å². The molecule has 1 aromatic carbocycles. The fourth-order valence-corrected chi connectivity index (χ4v) is 1.09. The van der Waals surface area contributed by atoms with E-state index in [2.05, 4.69) is 18.3 Å². The van der Waals surface area contributed by atoms with Gasteiger partial charge in [0.05, 0.1) is 5.69 Å². The van der Waals surface area contributed by atoms with Gasteiger partial charge in [-0.2, -0.15) is 0 Å². The third-order valence-electron chi connectivity index (χ3n) is 1.63. The third kappa shape index (κ3) is 0.727. The summed E-state index contributed by atoms with van der Waals surface area (Å²) in [4.78, 5) is 0. The van der Waals surface area contributed by atoms with Crippen molar-refractivity contribution < 1.29 is 4.74 Å². The van der Waals surface area contributed by atoms with Crippen molar-refractivity contribution in [3.63, 3.8) is 0 Å². The Labute approximate surface area is 59.8 Å². The SMILES string of the molecule is Cc1ccc2c(c1)OCN2. The molecule has 2 rings (SSSR count). The lowest BCUT2D eigenvalue weighted by Gasteiger charge is -1.96. The Morgan fingerprint density at radius 3 is 3.30 bits per heavy atom. The van der Waals surface area contributed by atoms with Gasteiger partial charge in [-0.25, -0.2) is 0 Å². The Morgan fingerprint density at radius 2 is 2.40 bits per heavy atom. The highest BCUT2D eigenvalue weighted by molar-refractivity contribution is 5.59. The number of fused-ring (bicyclic) bond motifs is 1. The van der Waals surface area contributed by atoms with E-state index in [-0.39, 0.29) is 0 Å². The number of ether oxygens (including phenoxy) is 1. The Morgan fingerprint density at radius 1 is 1.50 bits per heavy atom. The number of hydrogen-bond acceptors (Lipinski definition) is 2. The van der Waals surface area contributed by atoms with Crippen LogP contribution in [0, 0.1) is 6.92 Å². The van der Waals surface area contributed by atoms with Crippen LogP contribution in [0.15, 0.2) is 18.2 Å². The zero-order chi connectivity index (χ0) is 6.97. The molecule has 2 heteroatoms. The minimum absolute atomic E-state index is 0.610. The topological polar surface area (TPSA) is 21.3 Å². The fourth-order valence-electron chi connectivity index (χ4n) is 1.09. The van der Waals surface area contributed by atoms with E-state index in [1.165, 1.54) is 5.56 Å². The molecule has 0 radical (unpaired) electrons. The summed E-state index contributed by atoms with van der Waals surface area (Å²) in [7, 11) is 0. The molecule has 0 fully saturated rings. The normalized spacial score (nSPS) is 13.7. The number of rotatable bonds is 0. The monoisotopic (exact) mass is 135 g/mol. The lowest BCUT2D eigenvalue weighted by atomic mass is 10.2. The summed E-state index contributed by atoms with van der Waals surface area (Å²) in [5, 5.41) is 3.11. The van der Waals surface area contributed by atoms with Crippen LogP contribution in [0.2, 0.25) is 0 Å². The van der Waals surface area contributed by atoms with E-state index >= 15 is 0 Å². The predicted molar refractivity (Wildman–Crippen MR) is 40.3 cm³/mol. The van der Waals surface area contributed by atoms with Crippen molar-refractivity contribution in [2.24, 2.45) is 0 Å². The zero-order valence-electron chi connectivity index (χ0n) is 5.85. The minimum atomic E-state index is 0.610. The van der Waals surface area contributed by atoms with Gasteiger partial charge < -0.3 is 10.1 Å². The van der Waals surface area contributed by atoms with E-state index < -0.39 is 0 Å². The van der Waals surface area contributed by atoms with Crippen LogP contribution in [0.1, 0.15) is 5.56 Å². The molecule has 1 N–H and O–H groups in total. The maximum atomic E-state index is 5.27. The number of hydrogen-bond donors (Lipinski definition) is 1. The molecule has 0 aliphatic carbocycles. The van der Waals surface area contributed by atoms with Crippen molar-refractivity contribution in [3.8, 4) is 5.75 Å². The van der Waals surface area contributed by atoms with Crippen molar-refractivity contribution in [2.75, 3.05) is 12.0 Å². The summed E-state index contributed by atoms with van der Waals surface area (Å²) in [6.45, 7) is 2.67. The van der Waals surface area contributed by atoms with Crippen molar-refractivity contribution in [2.45, 2.75) is 6.92 Å². The Hall–Kier alpha value is -1.18. The number of anilines is 1. The summed E-state index contributed by atoms with van der Waals surface area (Å²) in [5.41, 5.74) is 2.34. The first kappa shape index (κ1) is 5.59. The van der Waals surface area contributed by atoms with Crippen LogP contribution in [-0.2, 0) is 0 Å². The van der Waals surface area contributed by atoms with Gasteiger partial charge in [0, 0.05) is 0 Å². The molecule has 0 spiro atoms. The van der Waals surface area contributed by atoms with E-state index in [0.29, 0.717) is 6.73 Å². The Balaban J connectivity index is 2.52. The molecule has 10 heavy (non-hydrogen) atoms. The molecule has 0 bridgehead atoms. The predicted octanol–water partition coefficient (Wildman–Crippen LogP) is 1.76. The molecule has 1 heterocycles. The maximum Gasteiger partial charge on any atom is 0.159 e. The molecule has 1 aromatic rings. The van der Waals surface area contributed by atoms with Crippen LogP contribution in [0.4, 0.5) is 5.69 Å². The van der Waals surface area contributed by atoms with E-state index in [0.717, 1.165) is 11.4 Å². The van der Waals surface area contributed by atoms with Gasteiger partial charge in [-0.15, -0.1) is 0 Å². The van der Waals surface area contributed by atoms with Gasteiger partial charge in [-0.05, 0) is 24.6 Å². The van der Waals surface area contributed by atoms with Crippen molar-refractivity contribution in [1.29, 1.82) is 0 Å². The van der Waals surface area contributed by atoms with Crippen LogP contribution in [0.5, 0.6) is 5.75 Å². The van der Waals surface area contributed by atoms with Gasteiger partial charge in [0.15, 0.2) is 6.73 Å². The van der Waals surface area contributed by atoms with Crippen molar-refractivity contribution in [3.05, 3.63) is 23.8 Å². The Kier molecular flexibility index (Phi) is 1.07. The van der Waals surface area contributed by atoms with Gasteiger partial charge in [0.25, 0.3) is 0 Å². The summed E-state index contributed by atoms with van der Waals surface area (Å²) in [6.07, 6.45) is 0. The van der Waals surface area contributed by atoms with E-state index in [4.69, 9.17) is 4.74 Å². The first-order valence-electron chi connectivity index (χ1n) is 3.33. The zero-order valence-corrected chi connectivity index (χ0v) is 5.85. The van der Waals surface area contributed by atoms with Crippen LogP contribution < -0.4 is 10.1 Å². The largest absolute Gasteiger partial charge is 0.471 e. The second kappa shape index (κ2) is 1.90. The fraction of sp³-hybridized carbons (Fsp3) is 0.250. The van der Waals surface area contributed by atoms with E-state index in [1.54, 1.807) is 0 Å². The number of benzene rings is 1. The molecule has 0 unspecified atom stereocenters. The van der Waals surface area contributed by atoms with Crippen molar-refractivity contribution >= 4 is 5.69 Å². The molecule has 0 saturated carbocycles. The van der Waals surface area contributed by atoms with Gasteiger partial charge in [0.1, 0.15) is 5.75 Å². The third-order valence-corrected chi connectivity index (χ3v) is 1.63. The smallest absolute Gasteiger partial charge is 0.159 e. The quantitative estimate of drug-likeness (QED) is 0.585. The molecule has 1 aliphatic rings. The molecule has 0 amide bonds. The first-order chi connectivity index (χ1) is 4.86. The Bertz CT molecular complexity index is 257. The molecular weight excluding hydrogens is 126 g/mol. The lowest BCUT2D eigenvalue weighted by Crippen LogP contribution is -1.96. The molecule has 1 aliphatic heterocycles. The van der Waals surface area contributed by atoms with Gasteiger partial charge in [-0.1, -0.05) is 6.07 Å². The summed E-state index contributed by atoms with van der Waals surface area (Å²) in [5.74, 6) is 0.972. The first-order valence-corrected chi connectivity index (χ1v) is 3.33. The van der Waals surface area contributed by atoms with Crippen LogP contribution in [0.25, 0.3) is 0 Å². The molecule has 52 valence electrons. The van der Waals surface area contributed by atoms with Crippen molar-refractivity contribution in [1.82, 2.24) is 0 Å². The molecular formula is C8H9NO. The summed E-state index contributed by atoms with van der Waals surface area (Å²) in [6, 6.07) is 6.15. The standard InChI is InChI=1S/C8H9NO/c1-6-2-3-7-8(4-6)10-5-9-7/h2-4,9H,5H2,1H3. The van der Waals surface area contributed by atoms with Gasteiger partial charge in [0.2, 0.25) is 0 Å². The van der Waals surface area contributed by atoms with Gasteiger partial charge in [-0.3, -0.25) is 0 Å². The van der Waals surface area contributed by atoms with Crippen LogP contribution in [-0.4, -0.2) is 6.73 Å². The average Bonchev–Trinajstić information content (AvgIpc) is 2.33.